The first-order valence-electron chi connectivity index (χ1n) is 20.0. The number of morpholine rings is 1. The number of rotatable bonds is 23. The predicted molar refractivity (Wildman–Crippen MR) is 213 cm³/mol. The molecular weight excluding hydrogens is 715 g/mol. The van der Waals surface area contributed by atoms with Crippen LogP contribution in [0.4, 0.5) is 0 Å². The van der Waals surface area contributed by atoms with Crippen LogP contribution in [0.3, 0.4) is 0 Å². The molecule has 2 saturated heterocycles. The van der Waals surface area contributed by atoms with E-state index in [1.165, 1.54) is 12.0 Å². The van der Waals surface area contributed by atoms with Crippen LogP contribution < -0.4 is 16.0 Å². The van der Waals surface area contributed by atoms with Gasteiger partial charge in [-0.15, -0.1) is 0 Å². The molecule has 13 nitrogen and oxygen atoms in total. The second-order valence-corrected chi connectivity index (χ2v) is 16.1. The van der Waals surface area contributed by atoms with Gasteiger partial charge in [0.25, 0.3) is 0 Å². The topological polar surface area (TPSA) is 159 Å². The average molecular weight is 778 g/mol. The molecule has 2 aliphatic rings. The molecule has 308 valence electrons. The molecule has 4 rings (SSSR count). The zero-order chi connectivity index (χ0) is 40.7. The van der Waals surface area contributed by atoms with Crippen LogP contribution in [0.25, 0.3) is 0 Å². The zero-order valence-electron chi connectivity index (χ0n) is 34.1. The summed E-state index contributed by atoms with van der Waals surface area (Å²) in [4.78, 5) is 73.7. The molecule has 56 heavy (non-hydrogen) atoms. The number of ether oxygens (including phenoxy) is 3. The number of aryl methyl sites for hydroxylation is 1. The average Bonchev–Trinajstić information content (AvgIpc) is 3.94. The summed E-state index contributed by atoms with van der Waals surface area (Å²) in [5, 5.41) is 8.91. The number of nitrogens with zero attached hydrogens (tertiary/aromatic N) is 2. The Bertz CT molecular complexity index is 1560. The number of Topliss-reactive ketones (excluding diaryl/α,β-unsaturated/α-hetero) is 1. The minimum Gasteiger partial charge on any atom is -0.379 e. The molecule has 2 aromatic carbocycles. The minimum atomic E-state index is -1.07. The van der Waals surface area contributed by atoms with Crippen LogP contribution in [-0.4, -0.2) is 122 Å². The van der Waals surface area contributed by atoms with Crippen LogP contribution in [0, 0.1) is 11.8 Å². The Kier molecular flexibility index (Phi) is 17.5. The van der Waals surface area contributed by atoms with Gasteiger partial charge in [-0.2, -0.15) is 0 Å². The van der Waals surface area contributed by atoms with E-state index >= 15 is 0 Å². The first kappa shape index (κ1) is 44.5. The lowest BCUT2D eigenvalue weighted by atomic mass is 9.93. The van der Waals surface area contributed by atoms with Crippen molar-refractivity contribution in [3.63, 3.8) is 0 Å². The number of methoxy groups -OCH3 is 1. The molecule has 0 radical (unpaired) electrons. The number of benzene rings is 2. The third kappa shape index (κ3) is 14.1. The standard InChI is InChI=1S/C43H63N5O8/c1-30(2)17-19-34(39(50)43(5)28-56-43)45-40(51)36(26-33-15-11-8-12-16-33)46-41(52)37(25-31(3)4)48(29-54-6)42(53)35(20-18-32-13-9-7-10-14-32)44-38(49)27-47-21-23-55-24-22-47/h7-16,30-31,34-37H,17-29H2,1-6H3,(H,44,49)(H,45,51)(H,46,52)/t34-,35-,36-,37-,43+/m0/s1. The van der Waals surface area contributed by atoms with E-state index in [0.717, 1.165) is 11.1 Å². The lowest BCUT2D eigenvalue weighted by Gasteiger charge is -2.35. The summed E-state index contributed by atoms with van der Waals surface area (Å²) < 4.78 is 16.4. The van der Waals surface area contributed by atoms with Crippen LogP contribution in [0.1, 0.15) is 71.4 Å². The van der Waals surface area contributed by atoms with Gasteiger partial charge in [-0.25, -0.2) is 0 Å². The first-order chi connectivity index (χ1) is 26.8. The molecule has 0 spiro atoms. The Balaban J connectivity index is 1.61. The maximum atomic E-state index is 14.7. The van der Waals surface area contributed by atoms with Gasteiger partial charge in [-0.3, -0.25) is 28.9 Å². The number of hydrogen-bond acceptors (Lipinski definition) is 9. The Labute approximate surface area is 332 Å². The lowest BCUT2D eigenvalue weighted by molar-refractivity contribution is -0.150. The van der Waals surface area contributed by atoms with Crippen molar-refractivity contribution >= 4 is 29.4 Å². The van der Waals surface area contributed by atoms with Crippen molar-refractivity contribution < 1.29 is 38.2 Å². The number of hydrogen-bond donors (Lipinski definition) is 3. The quantitative estimate of drug-likeness (QED) is 0.114. The van der Waals surface area contributed by atoms with Gasteiger partial charge in [0, 0.05) is 26.6 Å². The summed E-state index contributed by atoms with van der Waals surface area (Å²) in [5.41, 5.74) is 0.875. The highest BCUT2D eigenvalue weighted by Gasteiger charge is 2.50. The first-order valence-corrected chi connectivity index (χ1v) is 20.0. The normalized spacial score (nSPS) is 19.1. The maximum absolute atomic E-state index is 14.7. The number of carbonyl (C=O) groups is 5. The molecule has 2 aromatic rings. The van der Waals surface area contributed by atoms with E-state index in [-0.39, 0.29) is 43.7 Å². The van der Waals surface area contributed by atoms with Crippen LogP contribution in [0.2, 0.25) is 0 Å². The fraction of sp³-hybridized carbons (Fsp3) is 0.605. The number of nitrogens with one attached hydrogen (secondary N) is 3. The molecule has 0 saturated carbocycles. The summed E-state index contributed by atoms with van der Waals surface area (Å²) in [6.07, 6.45) is 2.36. The number of carbonyl (C=O) groups excluding carboxylic acids is 5. The lowest BCUT2D eigenvalue weighted by Crippen LogP contribution is -2.60. The van der Waals surface area contributed by atoms with Gasteiger partial charge in [0.2, 0.25) is 23.6 Å². The second kappa shape index (κ2) is 21.9. The van der Waals surface area contributed by atoms with E-state index in [1.807, 2.05) is 79.4 Å². The van der Waals surface area contributed by atoms with Crippen molar-refractivity contribution in [1.29, 1.82) is 0 Å². The van der Waals surface area contributed by atoms with Crippen molar-refractivity contribution in [2.24, 2.45) is 11.8 Å². The SMILES string of the molecule is COCN(C(=O)[C@H](CCc1ccccc1)NC(=O)CN1CCOCC1)[C@@H](CC(C)C)C(=O)N[C@@H](Cc1ccccc1)C(=O)N[C@@H](CCC(C)C)C(=O)[C@@]1(C)CO1. The van der Waals surface area contributed by atoms with Gasteiger partial charge in [0.1, 0.15) is 30.5 Å². The minimum absolute atomic E-state index is 0.0321. The molecular formula is C43H63N5O8. The fourth-order valence-corrected chi connectivity index (χ4v) is 6.87. The molecule has 0 unspecified atom stereocenters. The molecule has 0 bridgehead atoms. The summed E-state index contributed by atoms with van der Waals surface area (Å²) in [6.45, 7) is 12.2. The van der Waals surface area contributed by atoms with Crippen LogP contribution in [0.5, 0.6) is 0 Å². The van der Waals surface area contributed by atoms with E-state index in [4.69, 9.17) is 14.2 Å². The van der Waals surface area contributed by atoms with Gasteiger partial charge in [0.05, 0.1) is 32.4 Å². The van der Waals surface area contributed by atoms with Crippen molar-refractivity contribution in [2.45, 2.75) is 103 Å². The van der Waals surface area contributed by atoms with Gasteiger partial charge < -0.3 is 35.1 Å². The summed E-state index contributed by atoms with van der Waals surface area (Å²) in [7, 11) is 1.45. The monoisotopic (exact) mass is 777 g/mol. The van der Waals surface area contributed by atoms with Gasteiger partial charge in [-0.1, -0.05) is 88.4 Å². The molecule has 2 aliphatic heterocycles. The van der Waals surface area contributed by atoms with Crippen LogP contribution in [0.15, 0.2) is 60.7 Å². The van der Waals surface area contributed by atoms with E-state index in [2.05, 4.69) is 29.8 Å². The van der Waals surface area contributed by atoms with E-state index < -0.39 is 47.5 Å². The Morgan fingerprint density at radius 1 is 0.786 bits per heavy atom. The molecule has 0 aliphatic carbocycles. The highest BCUT2D eigenvalue weighted by Crippen LogP contribution is 2.29. The number of ketones is 1. The van der Waals surface area contributed by atoms with Gasteiger partial charge in [0.15, 0.2) is 5.78 Å². The van der Waals surface area contributed by atoms with Crippen molar-refractivity contribution in [1.82, 2.24) is 25.8 Å². The molecule has 5 atom stereocenters. The zero-order valence-corrected chi connectivity index (χ0v) is 34.1. The molecule has 0 aromatic heterocycles. The smallest absolute Gasteiger partial charge is 0.247 e. The molecule has 2 fully saturated rings. The second-order valence-electron chi connectivity index (χ2n) is 16.1. The highest BCUT2D eigenvalue weighted by molar-refractivity contribution is 5.98. The van der Waals surface area contributed by atoms with Crippen molar-refractivity contribution in [2.75, 3.05) is 53.3 Å². The maximum Gasteiger partial charge on any atom is 0.247 e. The van der Waals surface area contributed by atoms with Crippen LogP contribution >= 0.6 is 0 Å². The number of epoxide rings is 1. The largest absolute Gasteiger partial charge is 0.379 e. The summed E-state index contributed by atoms with van der Waals surface area (Å²) in [6, 6.07) is 15.2. The highest BCUT2D eigenvalue weighted by atomic mass is 16.6. The van der Waals surface area contributed by atoms with Gasteiger partial charge in [-0.05, 0) is 62.0 Å². The Hall–Kier alpha value is -4.17. The number of amides is 4. The van der Waals surface area contributed by atoms with Gasteiger partial charge >= 0.3 is 0 Å². The van der Waals surface area contributed by atoms with Crippen LogP contribution in [-0.2, 0) is 51.0 Å². The molecule has 4 amide bonds. The molecule has 13 heteroatoms. The Morgan fingerprint density at radius 2 is 1.39 bits per heavy atom. The molecule has 3 N–H and O–H groups in total. The third-order valence-electron chi connectivity index (χ3n) is 10.3. The van der Waals surface area contributed by atoms with Crippen molar-refractivity contribution in [3.05, 3.63) is 71.8 Å². The van der Waals surface area contributed by atoms with E-state index in [1.54, 1.807) is 6.92 Å². The summed E-state index contributed by atoms with van der Waals surface area (Å²) >= 11 is 0. The van der Waals surface area contributed by atoms with E-state index in [9.17, 15) is 24.0 Å². The Morgan fingerprint density at radius 3 is 1.96 bits per heavy atom. The molecule has 2 heterocycles. The fourth-order valence-electron chi connectivity index (χ4n) is 6.87. The predicted octanol–water partition coefficient (Wildman–Crippen LogP) is 3.29. The van der Waals surface area contributed by atoms with Crippen molar-refractivity contribution in [3.8, 4) is 0 Å². The third-order valence-corrected chi connectivity index (χ3v) is 10.3. The summed E-state index contributed by atoms with van der Waals surface area (Å²) in [5.74, 6) is -1.72. The van der Waals surface area contributed by atoms with E-state index in [0.29, 0.717) is 64.5 Å².